The van der Waals surface area contributed by atoms with Gasteiger partial charge in [0.2, 0.25) is 0 Å². The summed E-state index contributed by atoms with van der Waals surface area (Å²) in [5.74, 6) is 0. The van der Waals surface area contributed by atoms with E-state index in [0.717, 1.165) is 6.42 Å². The fourth-order valence-corrected chi connectivity index (χ4v) is 5.15. The van der Waals surface area contributed by atoms with E-state index in [9.17, 15) is 0 Å². The van der Waals surface area contributed by atoms with Gasteiger partial charge in [0.05, 0.1) is 0 Å². The first-order valence-electron chi connectivity index (χ1n) is 12.5. The molecule has 0 aromatic heterocycles. The van der Waals surface area contributed by atoms with Crippen LogP contribution in [0.15, 0.2) is 60.7 Å². The third kappa shape index (κ3) is 9.50. The van der Waals surface area contributed by atoms with Gasteiger partial charge in [-0.3, -0.25) is 0 Å². The minimum absolute atomic E-state index is 0. The maximum absolute atomic E-state index is 3.53. The zero-order valence-corrected chi connectivity index (χ0v) is 26.2. The van der Waals surface area contributed by atoms with Crippen molar-refractivity contribution in [1.82, 2.24) is 0 Å². The van der Waals surface area contributed by atoms with Crippen LogP contribution in [0.3, 0.4) is 0 Å². The van der Waals surface area contributed by atoms with Gasteiger partial charge in [0.15, 0.2) is 0 Å². The van der Waals surface area contributed by atoms with E-state index >= 15 is 0 Å². The van der Waals surface area contributed by atoms with Gasteiger partial charge in [-0.2, -0.15) is 47.5 Å². The van der Waals surface area contributed by atoms with Crippen LogP contribution in [0.2, 0.25) is 0 Å². The van der Waals surface area contributed by atoms with Crippen LogP contribution in [0.25, 0.3) is 11.1 Å². The second-order valence-electron chi connectivity index (χ2n) is 11.5. The van der Waals surface area contributed by atoms with E-state index < -0.39 is 0 Å². The summed E-state index contributed by atoms with van der Waals surface area (Å²) in [6.45, 7) is 13.6. The smallest absolute Gasteiger partial charge is 0.172 e. The van der Waals surface area contributed by atoms with E-state index in [-0.39, 0.29) is 35.6 Å². The molecule has 188 valence electrons. The molecule has 0 atom stereocenters. The molecule has 1 saturated carbocycles. The van der Waals surface area contributed by atoms with Crippen LogP contribution >= 0.6 is 0 Å². The number of benzene rings is 2. The molecule has 0 amide bonds. The first kappa shape index (κ1) is 32.2. The first-order valence-corrected chi connectivity index (χ1v) is 13.7. The maximum Gasteiger partial charge on any atom is -0.172 e. The molecule has 35 heavy (non-hydrogen) atoms. The SMILES string of the molecule is CC(C)(C)c1c[c-]c2c(c1)-c1cc(C(C)(C)C)ccc1C2.[Cl-].[Cl-].[Zr+2]=[C]1CCCCC1.c1cc[cH-]c1. The number of hydrogen-bond acceptors (Lipinski definition) is 0. The monoisotopic (exact) mass is 584 g/mol. The number of fused-ring (bicyclic) bond motifs is 3. The van der Waals surface area contributed by atoms with Gasteiger partial charge in [-0.1, -0.05) is 76.3 Å². The third-order valence-corrected chi connectivity index (χ3v) is 7.77. The predicted molar refractivity (Wildman–Crippen MR) is 141 cm³/mol. The van der Waals surface area contributed by atoms with Crippen molar-refractivity contribution in [3.63, 3.8) is 0 Å². The summed E-state index contributed by atoms with van der Waals surface area (Å²) in [6.07, 6.45) is 8.34. The van der Waals surface area contributed by atoms with Gasteiger partial charge in [0, 0.05) is 0 Å². The van der Waals surface area contributed by atoms with E-state index in [0.29, 0.717) is 0 Å². The Morgan fingerprint density at radius 2 is 1.34 bits per heavy atom. The summed E-state index contributed by atoms with van der Waals surface area (Å²) < 4.78 is 1.80. The van der Waals surface area contributed by atoms with Crippen molar-refractivity contribution < 1.29 is 49.0 Å². The van der Waals surface area contributed by atoms with Crippen molar-refractivity contribution in [1.29, 1.82) is 0 Å². The topological polar surface area (TPSA) is 0 Å². The molecule has 2 aliphatic carbocycles. The van der Waals surface area contributed by atoms with Gasteiger partial charge in [0.25, 0.3) is 0 Å². The molecule has 1 fully saturated rings. The van der Waals surface area contributed by atoms with E-state index in [1.54, 1.807) is 27.4 Å². The normalized spacial score (nSPS) is 14.1. The van der Waals surface area contributed by atoms with Crippen molar-refractivity contribution in [2.24, 2.45) is 0 Å². The van der Waals surface area contributed by atoms with E-state index in [4.69, 9.17) is 0 Å². The fourth-order valence-electron chi connectivity index (χ4n) is 4.28. The van der Waals surface area contributed by atoms with E-state index in [1.165, 1.54) is 65.5 Å². The van der Waals surface area contributed by atoms with E-state index in [2.05, 4.69) is 77.9 Å². The Hall–Kier alpha value is -0.877. The van der Waals surface area contributed by atoms with Crippen molar-refractivity contribution in [2.45, 2.75) is 90.9 Å². The zero-order valence-electron chi connectivity index (χ0n) is 22.3. The summed E-state index contributed by atoms with van der Waals surface area (Å²) in [5.41, 5.74) is 8.76. The molecule has 0 radical (unpaired) electrons. The fraction of sp³-hybridized carbons (Fsp3) is 0.438. The number of halogens is 2. The van der Waals surface area contributed by atoms with Gasteiger partial charge in [-0.05, 0) is 17.4 Å². The van der Waals surface area contributed by atoms with Gasteiger partial charge < -0.3 is 24.8 Å². The van der Waals surface area contributed by atoms with Crippen molar-refractivity contribution >= 4 is 3.21 Å². The van der Waals surface area contributed by atoms with Crippen molar-refractivity contribution in [2.75, 3.05) is 0 Å². The second-order valence-corrected chi connectivity index (χ2v) is 13.2. The molecule has 0 saturated heterocycles. The molecule has 3 aromatic carbocycles. The Bertz CT molecular complexity index is 963. The molecule has 3 heteroatoms. The molecule has 0 heterocycles. The van der Waals surface area contributed by atoms with Crippen LogP contribution in [0.1, 0.15) is 95.9 Å². The third-order valence-electron chi connectivity index (χ3n) is 6.54. The first-order chi connectivity index (χ1) is 15.6. The van der Waals surface area contributed by atoms with Gasteiger partial charge >= 0.3 is 59.5 Å². The van der Waals surface area contributed by atoms with Gasteiger partial charge in [0.1, 0.15) is 0 Å². The largest absolute Gasteiger partial charge is 0.214 e. The maximum atomic E-state index is 3.53. The number of hydrogen-bond donors (Lipinski definition) is 0. The second kappa shape index (κ2) is 14.2. The number of rotatable bonds is 0. The van der Waals surface area contributed by atoms with Crippen LogP contribution in [0.4, 0.5) is 0 Å². The Balaban J connectivity index is 0.000000360. The van der Waals surface area contributed by atoms with Crippen LogP contribution in [-0.4, -0.2) is 3.21 Å². The standard InChI is InChI=1S/C21H25.C6H10.C5H5.2ClH.Zr/c1-20(2,3)16-9-7-14-11-15-8-10-17(21(4,5)6)13-19(15)18(14)12-16;1-2-4-6-5-3-1;1-2-4-5-3-1;;;/h7,9-10,12-13H,11H2,1-6H3;1-5H2;1-5H;2*1H;/q-1;;-1;;;+2/p-2. The predicted octanol–water partition coefficient (Wildman–Crippen LogP) is 2.74. The molecule has 0 N–H and O–H groups in total. The van der Waals surface area contributed by atoms with Crippen molar-refractivity contribution in [3.05, 3.63) is 89.0 Å². The summed E-state index contributed by atoms with van der Waals surface area (Å²) in [5, 5.41) is 0. The molecule has 0 nitrogen and oxygen atoms in total. The molecule has 3 aromatic rings. The molecule has 2 aliphatic rings. The average molecular weight is 587 g/mol. The molecule has 5 rings (SSSR count). The van der Waals surface area contributed by atoms with Crippen LogP contribution in [-0.2, 0) is 41.5 Å². The minimum atomic E-state index is 0. The van der Waals surface area contributed by atoms with Crippen molar-refractivity contribution in [3.8, 4) is 11.1 Å². The quantitative estimate of drug-likeness (QED) is 0.278. The Morgan fingerprint density at radius 3 is 1.80 bits per heavy atom. The summed E-state index contributed by atoms with van der Waals surface area (Å²) in [7, 11) is 0. The van der Waals surface area contributed by atoms with Crippen LogP contribution in [0, 0.1) is 6.07 Å². The van der Waals surface area contributed by atoms with Crippen LogP contribution in [0.5, 0.6) is 0 Å². The molecule has 0 unspecified atom stereocenters. The summed E-state index contributed by atoms with van der Waals surface area (Å²) in [4.78, 5) is 0. The average Bonchev–Trinajstić information content (AvgIpc) is 3.44. The Kier molecular flexibility index (Phi) is 13.0. The molecular weight excluding hydrogens is 546 g/mol. The van der Waals surface area contributed by atoms with Gasteiger partial charge in [-0.25, -0.2) is 12.1 Å². The molecular formula is C32H40Cl2Zr-2. The summed E-state index contributed by atoms with van der Waals surface area (Å²) >= 11 is 1.69. The molecule has 0 bridgehead atoms. The van der Waals surface area contributed by atoms with Gasteiger partial charge in [-0.15, -0.1) is 5.56 Å². The molecule has 0 spiro atoms. The zero-order chi connectivity index (χ0) is 24.1. The van der Waals surface area contributed by atoms with Crippen LogP contribution < -0.4 is 24.8 Å². The Morgan fingerprint density at radius 1 is 0.771 bits per heavy atom. The van der Waals surface area contributed by atoms with E-state index in [1.807, 2.05) is 30.3 Å². The summed E-state index contributed by atoms with van der Waals surface area (Å²) in [6, 6.07) is 25.1. The molecule has 0 aliphatic heterocycles. The minimum Gasteiger partial charge on any atom is -0.214 e. The Labute approximate surface area is 241 Å².